The molecule has 0 radical (unpaired) electrons. The highest BCUT2D eigenvalue weighted by molar-refractivity contribution is 7.94. The van der Waals surface area contributed by atoms with Gasteiger partial charge in [0.15, 0.2) is 0 Å². The average Bonchev–Trinajstić information content (AvgIpc) is 2.07. The molecule has 2 N–H and O–H groups in total. The molecule has 5 heteroatoms. The van der Waals surface area contributed by atoms with Crippen molar-refractivity contribution < 1.29 is 13.7 Å². The van der Waals surface area contributed by atoms with Crippen LogP contribution in [0.2, 0.25) is 0 Å². The van der Waals surface area contributed by atoms with E-state index >= 15 is 0 Å². The molecular formula is C7H8FNO2S. The van der Waals surface area contributed by atoms with Crippen molar-refractivity contribution in [1.82, 2.24) is 0 Å². The van der Waals surface area contributed by atoms with E-state index in [0.29, 0.717) is 5.56 Å². The van der Waals surface area contributed by atoms with E-state index in [1.807, 2.05) is 0 Å². The van der Waals surface area contributed by atoms with Gasteiger partial charge in [0, 0.05) is 4.90 Å². The van der Waals surface area contributed by atoms with Crippen LogP contribution in [0.15, 0.2) is 23.1 Å². The fourth-order valence-corrected chi connectivity index (χ4v) is 1.19. The molecule has 66 valence electrons. The summed E-state index contributed by atoms with van der Waals surface area (Å²) in [7, 11) is 0. The number of hydrogen-bond acceptors (Lipinski definition) is 4. The molecule has 0 heterocycles. The van der Waals surface area contributed by atoms with Gasteiger partial charge in [-0.2, -0.15) is 5.90 Å². The minimum atomic E-state index is -0.243. The summed E-state index contributed by atoms with van der Waals surface area (Å²) >= 11 is 0.929. The lowest BCUT2D eigenvalue weighted by atomic mass is 10.2. The quantitative estimate of drug-likeness (QED) is 0.448. The minimum absolute atomic E-state index is 0.243. The van der Waals surface area contributed by atoms with Crippen LogP contribution in [0.5, 0.6) is 0 Å². The Hall–Kier alpha value is -0.620. The van der Waals surface area contributed by atoms with E-state index in [9.17, 15) is 4.39 Å². The Labute approximate surface area is 73.7 Å². The fraction of sp³-hybridized carbons (Fsp3) is 0.143. The first-order valence-electron chi connectivity index (χ1n) is 3.20. The molecule has 0 spiro atoms. The first-order chi connectivity index (χ1) is 5.74. The lowest BCUT2D eigenvalue weighted by Gasteiger charge is -1.99. The number of halogens is 1. The first-order valence-corrected chi connectivity index (χ1v) is 3.94. The molecule has 0 aromatic heterocycles. The lowest BCUT2D eigenvalue weighted by Crippen LogP contribution is -1.94. The van der Waals surface area contributed by atoms with Gasteiger partial charge in [-0.1, -0.05) is 0 Å². The number of hydrogen-bond donors (Lipinski definition) is 1. The van der Waals surface area contributed by atoms with Gasteiger partial charge in [0.1, 0.15) is 5.82 Å². The summed E-state index contributed by atoms with van der Waals surface area (Å²) in [6, 6.07) is 4.57. The van der Waals surface area contributed by atoms with Crippen LogP contribution in [-0.4, -0.2) is 0 Å². The molecule has 0 fully saturated rings. The van der Waals surface area contributed by atoms with Gasteiger partial charge in [0.2, 0.25) is 0 Å². The van der Waals surface area contributed by atoms with E-state index in [1.54, 1.807) is 19.1 Å². The molecule has 0 aliphatic heterocycles. The second kappa shape index (κ2) is 4.42. The van der Waals surface area contributed by atoms with E-state index < -0.39 is 0 Å². The summed E-state index contributed by atoms with van der Waals surface area (Å²) < 4.78 is 17.1. The summed E-state index contributed by atoms with van der Waals surface area (Å²) in [4.78, 5) is 4.62. The molecule has 0 aliphatic rings. The fourth-order valence-electron chi connectivity index (χ4n) is 0.728. The predicted octanol–water partition coefficient (Wildman–Crippen LogP) is 1.96. The highest BCUT2D eigenvalue weighted by Gasteiger charge is 1.99. The molecule has 0 aliphatic carbocycles. The molecule has 0 saturated carbocycles. The van der Waals surface area contributed by atoms with Gasteiger partial charge >= 0.3 is 0 Å². The molecule has 0 bridgehead atoms. The molecule has 12 heavy (non-hydrogen) atoms. The van der Waals surface area contributed by atoms with Crippen molar-refractivity contribution in [3.05, 3.63) is 29.6 Å². The smallest absolute Gasteiger partial charge is 0.126 e. The van der Waals surface area contributed by atoms with E-state index in [4.69, 9.17) is 0 Å². The Kier molecular flexibility index (Phi) is 3.48. The van der Waals surface area contributed by atoms with Crippen molar-refractivity contribution in [3.63, 3.8) is 0 Å². The minimum Gasteiger partial charge on any atom is -0.207 e. The van der Waals surface area contributed by atoms with Gasteiger partial charge in [-0.15, -0.1) is 9.32 Å². The van der Waals surface area contributed by atoms with Crippen molar-refractivity contribution in [2.45, 2.75) is 11.8 Å². The zero-order valence-corrected chi connectivity index (χ0v) is 7.23. The van der Waals surface area contributed by atoms with E-state index in [-0.39, 0.29) is 5.82 Å². The Morgan fingerprint density at radius 1 is 1.50 bits per heavy atom. The average molecular weight is 189 g/mol. The van der Waals surface area contributed by atoms with Crippen molar-refractivity contribution in [2.75, 3.05) is 0 Å². The molecule has 3 nitrogen and oxygen atoms in total. The Morgan fingerprint density at radius 3 is 2.83 bits per heavy atom. The van der Waals surface area contributed by atoms with Gasteiger partial charge in [-0.05, 0) is 30.7 Å². The zero-order valence-electron chi connectivity index (χ0n) is 6.41. The Bertz CT molecular complexity index is 270. The van der Waals surface area contributed by atoms with Crippen LogP contribution in [0.25, 0.3) is 0 Å². The Morgan fingerprint density at radius 2 is 2.25 bits per heavy atom. The summed E-state index contributed by atoms with van der Waals surface area (Å²) in [5.74, 6) is 4.38. The summed E-state index contributed by atoms with van der Waals surface area (Å²) in [6.45, 7) is 1.67. The maximum Gasteiger partial charge on any atom is 0.126 e. The van der Waals surface area contributed by atoms with Crippen molar-refractivity contribution in [2.24, 2.45) is 5.90 Å². The van der Waals surface area contributed by atoms with Crippen LogP contribution in [0.1, 0.15) is 5.56 Å². The van der Waals surface area contributed by atoms with Crippen molar-refractivity contribution in [3.8, 4) is 0 Å². The molecular weight excluding hydrogens is 181 g/mol. The number of rotatable bonds is 3. The van der Waals surface area contributed by atoms with E-state index in [1.165, 1.54) is 6.07 Å². The standard InChI is InChI=1S/C7H8FNO2S/c1-5-4-6(12-11-10-9)2-3-7(5)8/h2-4H,9H2,1H3. The van der Waals surface area contributed by atoms with Crippen LogP contribution in [0.4, 0.5) is 4.39 Å². The highest BCUT2D eigenvalue weighted by Crippen LogP contribution is 2.20. The molecule has 1 aromatic carbocycles. The molecule has 0 unspecified atom stereocenters. The third-order valence-corrected chi connectivity index (χ3v) is 1.89. The normalized spacial score (nSPS) is 10.2. The number of nitrogens with two attached hydrogens (primary N) is 1. The van der Waals surface area contributed by atoms with Crippen LogP contribution in [-0.2, 0) is 9.32 Å². The van der Waals surface area contributed by atoms with Crippen LogP contribution >= 0.6 is 12.0 Å². The third-order valence-electron chi connectivity index (χ3n) is 1.30. The van der Waals surface area contributed by atoms with Gasteiger partial charge in [0.25, 0.3) is 0 Å². The van der Waals surface area contributed by atoms with Gasteiger partial charge in [-0.3, -0.25) is 0 Å². The van der Waals surface area contributed by atoms with Crippen LogP contribution in [0, 0.1) is 12.7 Å². The van der Waals surface area contributed by atoms with Crippen molar-refractivity contribution >= 4 is 12.0 Å². The van der Waals surface area contributed by atoms with Crippen LogP contribution < -0.4 is 5.90 Å². The molecule has 1 aromatic rings. The van der Waals surface area contributed by atoms with Crippen LogP contribution in [0.3, 0.4) is 0 Å². The van der Waals surface area contributed by atoms with Gasteiger partial charge in [0.05, 0.1) is 12.0 Å². The van der Waals surface area contributed by atoms with E-state index in [2.05, 4.69) is 15.2 Å². The topological polar surface area (TPSA) is 44.5 Å². The zero-order chi connectivity index (χ0) is 8.97. The third kappa shape index (κ3) is 2.46. The van der Waals surface area contributed by atoms with E-state index in [0.717, 1.165) is 16.9 Å². The number of benzene rings is 1. The summed E-state index contributed by atoms with van der Waals surface area (Å²) in [5, 5.41) is 0. The second-order valence-corrected chi connectivity index (χ2v) is 2.93. The Balaban J connectivity index is 2.69. The van der Waals surface area contributed by atoms with Crippen molar-refractivity contribution in [1.29, 1.82) is 0 Å². The summed E-state index contributed by atoms with van der Waals surface area (Å²) in [5.41, 5.74) is 0.556. The molecule has 0 saturated heterocycles. The predicted molar refractivity (Wildman–Crippen MR) is 43.4 cm³/mol. The molecule has 1 rings (SSSR count). The first kappa shape index (κ1) is 9.47. The molecule has 0 atom stereocenters. The largest absolute Gasteiger partial charge is 0.207 e. The van der Waals surface area contributed by atoms with Gasteiger partial charge in [-0.25, -0.2) is 4.39 Å². The lowest BCUT2D eigenvalue weighted by molar-refractivity contribution is -0.195. The monoisotopic (exact) mass is 189 g/mol. The second-order valence-electron chi connectivity index (χ2n) is 2.16. The SMILES string of the molecule is Cc1cc(SOON)ccc1F. The maximum absolute atomic E-state index is 12.7. The highest BCUT2D eigenvalue weighted by atomic mass is 32.2. The molecule has 0 amide bonds. The summed E-state index contributed by atoms with van der Waals surface area (Å²) in [6.07, 6.45) is 0. The maximum atomic E-state index is 12.7. The number of aryl methyl sites for hydroxylation is 1. The van der Waals surface area contributed by atoms with Gasteiger partial charge < -0.3 is 0 Å².